The predicted molar refractivity (Wildman–Crippen MR) is 58.2 cm³/mol. The Bertz CT molecular complexity index is 453. The maximum absolute atomic E-state index is 10.8. The minimum atomic E-state index is -0.999. The molecule has 0 atom stereocenters. The average molecular weight is 225 g/mol. The molecule has 1 aromatic carbocycles. The zero-order chi connectivity index (χ0) is 9.97. The van der Waals surface area contributed by atoms with Gasteiger partial charge in [0.2, 0.25) is 0 Å². The molecular weight excluding hydrogens is 216 g/mol. The van der Waals surface area contributed by atoms with Gasteiger partial charge in [0.15, 0.2) is 5.69 Å². The molecule has 0 amide bonds. The lowest BCUT2D eigenvalue weighted by Crippen LogP contribution is -1.98. The van der Waals surface area contributed by atoms with Gasteiger partial charge in [-0.05, 0) is 5.56 Å². The molecule has 0 fully saturated rings. The number of H-pyrrole nitrogens is 1. The van der Waals surface area contributed by atoms with E-state index in [1.165, 1.54) is 6.20 Å². The largest absolute Gasteiger partial charge is 0.477 e. The second kappa shape index (κ2) is 4.61. The Morgan fingerprint density at radius 2 is 1.93 bits per heavy atom. The number of hydrogen-bond acceptors (Lipinski definition) is 2. The third-order valence-electron chi connectivity index (χ3n) is 1.94. The highest BCUT2D eigenvalue weighted by atomic mass is 35.5. The number of halogens is 1. The van der Waals surface area contributed by atoms with Crippen molar-refractivity contribution in [2.75, 3.05) is 0 Å². The van der Waals surface area contributed by atoms with Crippen LogP contribution in [0, 0.1) is 0 Å². The van der Waals surface area contributed by atoms with Crippen molar-refractivity contribution in [3.63, 3.8) is 0 Å². The molecule has 2 rings (SSSR count). The molecule has 0 unspecified atom stereocenters. The Labute approximate surface area is 92.4 Å². The molecule has 0 aliphatic rings. The van der Waals surface area contributed by atoms with Gasteiger partial charge in [-0.15, -0.1) is 12.4 Å². The summed E-state index contributed by atoms with van der Waals surface area (Å²) in [6.45, 7) is 0. The number of rotatable bonds is 2. The first-order valence-electron chi connectivity index (χ1n) is 4.11. The van der Waals surface area contributed by atoms with E-state index in [-0.39, 0.29) is 18.1 Å². The summed E-state index contributed by atoms with van der Waals surface area (Å²) in [7, 11) is 0. The number of aromatic nitrogens is 2. The number of hydrogen-bond donors (Lipinski definition) is 2. The minimum Gasteiger partial charge on any atom is -0.477 e. The molecule has 0 spiro atoms. The van der Waals surface area contributed by atoms with E-state index in [0.29, 0.717) is 5.56 Å². The van der Waals surface area contributed by atoms with Crippen LogP contribution >= 0.6 is 12.4 Å². The fourth-order valence-electron chi connectivity index (χ4n) is 1.29. The van der Waals surface area contributed by atoms with Gasteiger partial charge in [0.05, 0.1) is 6.20 Å². The van der Waals surface area contributed by atoms with Crippen molar-refractivity contribution < 1.29 is 9.90 Å². The lowest BCUT2D eigenvalue weighted by atomic mass is 10.1. The van der Waals surface area contributed by atoms with Crippen molar-refractivity contribution in [2.24, 2.45) is 0 Å². The van der Waals surface area contributed by atoms with Gasteiger partial charge < -0.3 is 5.11 Å². The molecule has 1 heterocycles. The number of aromatic amines is 1. The van der Waals surface area contributed by atoms with Gasteiger partial charge in [0.25, 0.3) is 0 Å². The van der Waals surface area contributed by atoms with Crippen LogP contribution in [0.5, 0.6) is 0 Å². The van der Waals surface area contributed by atoms with Crippen molar-refractivity contribution >= 4 is 18.4 Å². The quantitative estimate of drug-likeness (QED) is 0.822. The van der Waals surface area contributed by atoms with Gasteiger partial charge in [0, 0.05) is 5.56 Å². The van der Waals surface area contributed by atoms with Crippen LogP contribution in [0.2, 0.25) is 0 Å². The fourth-order valence-corrected chi connectivity index (χ4v) is 1.29. The third kappa shape index (κ3) is 2.16. The van der Waals surface area contributed by atoms with Gasteiger partial charge in [-0.1, -0.05) is 30.3 Å². The molecule has 5 heteroatoms. The molecule has 1 aromatic heterocycles. The van der Waals surface area contributed by atoms with Gasteiger partial charge in [-0.3, -0.25) is 5.10 Å². The molecule has 15 heavy (non-hydrogen) atoms. The topological polar surface area (TPSA) is 66.0 Å². The van der Waals surface area contributed by atoms with Gasteiger partial charge >= 0.3 is 5.97 Å². The average Bonchev–Trinajstić information content (AvgIpc) is 2.67. The Hall–Kier alpha value is -1.81. The van der Waals surface area contributed by atoms with E-state index in [2.05, 4.69) is 10.2 Å². The number of benzene rings is 1. The predicted octanol–water partition coefficient (Wildman–Crippen LogP) is 2.20. The van der Waals surface area contributed by atoms with E-state index >= 15 is 0 Å². The van der Waals surface area contributed by atoms with Crippen LogP contribution < -0.4 is 0 Å². The highest BCUT2D eigenvalue weighted by molar-refractivity contribution is 5.93. The van der Waals surface area contributed by atoms with Crippen LogP contribution in [0.15, 0.2) is 36.5 Å². The molecule has 4 nitrogen and oxygen atoms in total. The molecule has 2 N–H and O–H groups in total. The normalized spacial score (nSPS) is 9.33. The van der Waals surface area contributed by atoms with E-state index in [1.54, 1.807) is 0 Å². The first-order chi connectivity index (χ1) is 6.79. The number of aromatic carboxylic acids is 1. The molecule has 2 aromatic rings. The summed E-state index contributed by atoms with van der Waals surface area (Å²) >= 11 is 0. The number of carboxylic acids is 1. The second-order valence-electron chi connectivity index (χ2n) is 2.83. The molecule has 0 radical (unpaired) electrons. The van der Waals surface area contributed by atoms with E-state index < -0.39 is 5.97 Å². The standard InChI is InChI=1S/C10H8N2O2.ClH/c13-10(14)9-8(6-11-12-9)7-4-2-1-3-5-7;/h1-6H,(H,11,12)(H,13,14);1H. The lowest BCUT2D eigenvalue weighted by molar-refractivity contribution is 0.0691. The van der Waals surface area contributed by atoms with Crippen molar-refractivity contribution in [2.45, 2.75) is 0 Å². The molecule has 0 aliphatic heterocycles. The third-order valence-corrected chi connectivity index (χ3v) is 1.94. The van der Waals surface area contributed by atoms with Crippen LogP contribution in [0.3, 0.4) is 0 Å². The van der Waals surface area contributed by atoms with Crippen LogP contribution in [0.1, 0.15) is 10.5 Å². The zero-order valence-corrected chi connectivity index (χ0v) is 8.49. The minimum absolute atomic E-state index is 0. The maximum atomic E-state index is 10.8. The van der Waals surface area contributed by atoms with Crippen LogP contribution in [0.25, 0.3) is 11.1 Å². The molecule has 0 aliphatic carbocycles. The Morgan fingerprint density at radius 1 is 1.27 bits per heavy atom. The molecule has 0 saturated carbocycles. The maximum Gasteiger partial charge on any atom is 0.354 e. The molecular formula is C10H9ClN2O2. The van der Waals surface area contributed by atoms with Crippen LogP contribution in [-0.2, 0) is 0 Å². The number of nitrogens with zero attached hydrogens (tertiary/aromatic N) is 1. The van der Waals surface area contributed by atoms with Crippen molar-refractivity contribution in [1.82, 2.24) is 10.2 Å². The summed E-state index contributed by atoms with van der Waals surface area (Å²) in [5, 5.41) is 15.0. The summed E-state index contributed by atoms with van der Waals surface area (Å²) in [5.41, 5.74) is 1.58. The summed E-state index contributed by atoms with van der Waals surface area (Å²) in [6.07, 6.45) is 1.51. The SMILES string of the molecule is Cl.O=C(O)c1[nH]ncc1-c1ccccc1. The van der Waals surface area contributed by atoms with Gasteiger partial charge in [-0.2, -0.15) is 5.10 Å². The van der Waals surface area contributed by atoms with Crippen molar-refractivity contribution in [3.8, 4) is 11.1 Å². The van der Waals surface area contributed by atoms with Crippen molar-refractivity contribution in [3.05, 3.63) is 42.2 Å². The smallest absolute Gasteiger partial charge is 0.354 e. The van der Waals surface area contributed by atoms with Gasteiger partial charge in [-0.25, -0.2) is 4.79 Å². The Kier molecular flexibility index (Phi) is 3.46. The number of nitrogens with one attached hydrogen (secondary N) is 1. The monoisotopic (exact) mass is 224 g/mol. The van der Waals surface area contributed by atoms with E-state index in [9.17, 15) is 4.79 Å². The van der Waals surface area contributed by atoms with Crippen molar-refractivity contribution in [1.29, 1.82) is 0 Å². The van der Waals surface area contributed by atoms with E-state index in [1.807, 2.05) is 30.3 Å². The van der Waals surface area contributed by atoms with E-state index in [4.69, 9.17) is 5.11 Å². The second-order valence-corrected chi connectivity index (χ2v) is 2.83. The summed E-state index contributed by atoms with van der Waals surface area (Å²) in [5.74, 6) is -0.999. The first-order valence-corrected chi connectivity index (χ1v) is 4.11. The van der Waals surface area contributed by atoms with Crippen LogP contribution in [0.4, 0.5) is 0 Å². The Balaban J connectivity index is 0.00000112. The summed E-state index contributed by atoms with van der Waals surface area (Å²) in [6, 6.07) is 9.28. The lowest BCUT2D eigenvalue weighted by Gasteiger charge is -1.97. The molecule has 0 bridgehead atoms. The Morgan fingerprint density at radius 3 is 2.53 bits per heavy atom. The zero-order valence-electron chi connectivity index (χ0n) is 7.68. The highest BCUT2D eigenvalue weighted by Crippen LogP contribution is 2.20. The number of carboxylic acid groups (broad SMARTS) is 1. The fraction of sp³-hybridized carbons (Fsp3) is 0. The first kappa shape index (κ1) is 11.3. The number of carbonyl (C=O) groups is 1. The summed E-state index contributed by atoms with van der Waals surface area (Å²) in [4.78, 5) is 10.8. The summed E-state index contributed by atoms with van der Waals surface area (Å²) < 4.78 is 0. The van der Waals surface area contributed by atoms with E-state index in [0.717, 1.165) is 5.56 Å². The van der Waals surface area contributed by atoms with Gasteiger partial charge in [0.1, 0.15) is 0 Å². The van der Waals surface area contributed by atoms with Crippen LogP contribution in [-0.4, -0.2) is 21.3 Å². The molecule has 0 saturated heterocycles. The highest BCUT2D eigenvalue weighted by Gasteiger charge is 2.12. The molecule has 78 valence electrons.